The maximum Gasteiger partial charge on any atom is 0.141 e. The minimum atomic E-state index is 0.114. The molecule has 2 aromatic rings. The number of nitrogens with two attached hydrogens (primary N) is 1. The lowest BCUT2D eigenvalue weighted by atomic mass is 9.97. The summed E-state index contributed by atoms with van der Waals surface area (Å²) in [5.74, 6) is 7.46. The van der Waals surface area contributed by atoms with Crippen LogP contribution in [0.2, 0.25) is 0 Å². The van der Waals surface area contributed by atoms with E-state index in [4.69, 9.17) is 11.1 Å². The lowest BCUT2D eigenvalue weighted by molar-refractivity contribution is 0.226. The van der Waals surface area contributed by atoms with Crippen LogP contribution >= 0.6 is 0 Å². The van der Waals surface area contributed by atoms with Gasteiger partial charge in [0.25, 0.3) is 0 Å². The molecule has 1 aliphatic heterocycles. The first-order valence-electron chi connectivity index (χ1n) is 9.90. The monoisotopic (exact) mass is 391 g/mol. The molecule has 7 heteroatoms. The molecule has 1 aromatic carbocycles. The fourth-order valence-electron chi connectivity index (χ4n) is 3.39. The van der Waals surface area contributed by atoms with Gasteiger partial charge in [0.05, 0.1) is 5.56 Å². The molecule has 7 nitrogen and oxygen atoms in total. The second-order valence-electron chi connectivity index (χ2n) is 7.51. The van der Waals surface area contributed by atoms with Crippen LogP contribution in [0.15, 0.2) is 24.5 Å². The summed E-state index contributed by atoms with van der Waals surface area (Å²) in [4.78, 5) is 10.7. The van der Waals surface area contributed by atoms with Crippen LogP contribution in [0.5, 0.6) is 0 Å². The molecule has 0 bridgehead atoms. The van der Waals surface area contributed by atoms with Gasteiger partial charge in [-0.15, -0.1) is 0 Å². The summed E-state index contributed by atoms with van der Waals surface area (Å²) in [5, 5.41) is 15.0. The Kier molecular flexibility index (Phi) is 6.68. The number of aryl methyl sites for hydroxylation is 1. The summed E-state index contributed by atoms with van der Waals surface area (Å²) in [5.41, 5.74) is 9.57. The van der Waals surface area contributed by atoms with Crippen molar-refractivity contribution in [3.8, 4) is 11.8 Å². The van der Waals surface area contributed by atoms with Crippen molar-refractivity contribution in [1.29, 1.82) is 5.41 Å². The normalized spacial score (nSPS) is 14.7. The van der Waals surface area contributed by atoms with Gasteiger partial charge in [-0.1, -0.05) is 12.0 Å². The summed E-state index contributed by atoms with van der Waals surface area (Å²) in [6.45, 7) is 5.03. The van der Waals surface area contributed by atoms with E-state index in [1.807, 2.05) is 32.2 Å². The van der Waals surface area contributed by atoms with Gasteiger partial charge in [-0.3, -0.25) is 5.41 Å². The molecule has 0 aliphatic carbocycles. The molecular weight excluding hydrogens is 362 g/mol. The average molecular weight is 392 g/mol. The largest absolute Gasteiger partial charge is 0.388 e. The van der Waals surface area contributed by atoms with Gasteiger partial charge >= 0.3 is 0 Å². The van der Waals surface area contributed by atoms with E-state index in [0.29, 0.717) is 17.3 Å². The van der Waals surface area contributed by atoms with E-state index in [2.05, 4.69) is 44.4 Å². The third kappa shape index (κ3) is 5.24. The smallest absolute Gasteiger partial charge is 0.141 e. The van der Waals surface area contributed by atoms with Crippen LogP contribution < -0.4 is 16.4 Å². The molecule has 0 unspecified atom stereocenters. The second kappa shape index (κ2) is 9.39. The van der Waals surface area contributed by atoms with Gasteiger partial charge in [0.2, 0.25) is 0 Å². The average Bonchev–Trinajstić information content (AvgIpc) is 2.72. The first kappa shape index (κ1) is 20.6. The number of nitrogen functional groups attached to an aromatic ring is 1. The Labute approximate surface area is 172 Å². The fourth-order valence-corrected chi connectivity index (χ4v) is 3.39. The van der Waals surface area contributed by atoms with Gasteiger partial charge < -0.3 is 21.3 Å². The van der Waals surface area contributed by atoms with E-state index >= 15 is 0 Å². The quantitative estimate of drug-likeness (QED) is 0.461. The van der Waals surface area contributed by atoms with Crippen LogP contribution in [-0.4, -0.2) is 54.3 Å². The van der Waals surface area contributed by atoms with Gasteiger partial charge in [0.1, 0.15) is 23.7 Å². The molecule has 5 N–H and O–H groups in total. The van der Waals surface area contributed by atoms with Crippen molar-refractivity contribution >= 4 is 23.0 Å². The predicted molar refractivity (Wildman–Crippen MR) is 120 cm³/mol. The molecular formula is C22H29N7. The zero-order chi connectivity index (χ0) is 20.8. The number of hydrogen-bond acceptors (Lipinski definition) is 7. The fraction of sp³-hybridized carbons (Fsp3) is 0.409. The van der Waals surface area contributed by atoms with Crippen molar-refractivity contribution in [1.82, 2.24) is 14.9 Å². The predicted octanol–water partition coefficient (Wildman–Crippen LogP) is 2.58. The van der Waals surface area contributed by atoms with Crippen LogP contribution in [0.1, 0.15) is 29.5 Å². The Morgan fingerprint density at radius 3 is 2.79 bits per heavy atom. The van der Waals surface area contributed by atoms with E-state index < -0.39 is 0 Å². The summed E-state index contributed by atoms with van der Waals surface area (Å²) < 4.78 is 0. The molecule has 0 saturated carbocycles. The van der Waals surface area contributed by atoms with Gasteiger partial charge in [0.15, 0.2) is 0 Å². The van der Waals surface area contributed by atoms with E-state index in [0.717, 1.165) is 49.3 Å². The van der Waals surface area contributed by atoms with Crippen LogP contribution in [-0.2, 0) is 0 Å². The Balaban J connectivity index is 1.77. The topological polar surface area (TPSA) is 103 Å². The first-order chi connectivity index (χ1) is 14.0. The maximum absolute atomic E-state index is 8.48. The minimum Gasteiger partial charge on any atom is -0.388 e. The zero-order valence-corrected chi connectivity index (χ0v) is 17.3. The zero-order valence-electron chi connectivity index (χ0n) is 17.3. The Hall–Kier alpha value is -3.11. The number of benzene rings is 1. The number of aromatic nitrogens is 2. The lowest BCUT2D eigenvalue weighted by Crippen LogP contribution is -2.33. The van der Waals surface area contributed by atoms with Gasteiger partial charge in [0, 0.05) is 24.8 Å². The van der Waals surface area contributed by atoms with Gasteiger partial charge in [-0.05, 0) is 69.4 Å². The molecule has 0 atom stereocenters. The number of nitrogens with zero attached hydrogens (tertiary/aromatic N) is 3. The molecule has 0 spiro atoms. The number of rotatable bonds is 5. The third-order valence-electron chi connectivity index (χ3n) is 5.37. The van der Waals surface area contributed by atoms with Gasteiger partial charge in [-0.25, -0.2) is 9.97 Å². The molecule has 2 heterocycles. The molecule has 0 amide bonds. The molecule has 29 heavy (non-hydrogen) atoms. The lowest BCUT2D eigenvalue weighted by Gasteiger charge is -2.29. The highest BCUT2D eigenvalue weighted by Crippen LogP contribution is 2.21. The minimum absolute atomic E-state index is 0.114. The Morgan fingerprint density at radius 2 is 2.07 bits per heavy atom. The van der Waals surface area contributed by atoms with Gasteiger partial charge in [-0.2, -0.15) is 0 Å². The molecule has 1 aromatic heterocycles. The van der Waals surface area contributed by atoms with Crippen LogP contribution in [0, 0.1) is 30.1 Å². The van der Waals surface area contributed by atoms with Crippen molar-refractivity contribution in [2.75, 3.05) is 50.1 Å². The van der Waals surface area contributed by atoms with Crippen molar-refractivity contribution < 1.29 is 0 Å². The van der Waals surface area contributed by atoms with Crippen LogP contribution in [0.3, 0.4) is 0 Å². The highest BCUT2D eigenvalue weighted by molar-refractivity contribution is 6.16. The van der Waals surface area contributed by atoms with E-state index in [9.17, 15) is 0 Å². The third-order valence-corrected chi connectivity index (χ3v) is 5.37. The Bertz CT molecular complexity index is 934. The van der Waals surface area contributed by atoms with E-state index in [-0.39, 0.29) is 11.5 Å². The molecule has 152 valence electrons. The summed E-state index contributed by atoms with van der Waals surface area (Å²) >= 11 is 0. The number of anilines is 3. The van der Waals surface area contributed by atoms with Crippen molar-refractivity contribution in [3.63, 3.8) is 0 Å². The van der Waals surface area contributed by atoms with Crippen LogP contribution in [0.25, 0.3) is 0 Å². The van der Waals surface area contributed by atoms with Crippen LogP contribution in [0.4, 0.5) is 17.3 Å². The molecule has 3 rings (SSSR count). The highest BCUT2D eigenvalue weighted by Gasteiger charge is 2.18. The number of nitrogens with one attached hydrogen (secondary N) is 3. The highest BCUT2D eigenvalue weighted by atomic mass is 15.1. The van der Waals surface area contributed by atoms with Crippen molar-refractivity contribution in [3.05, 3.63) is 41.2 Å². The summed E-state index contributed by atoms with van der Waals surface area (Å²) in [7, 11) is 4.02. The number of piperidine rings is 1. The second-order valence-corrected chi connectivity index (χ2v) is 7.51. The maximum atomic E-state index is 8.48. The summed E-state index contributed by atoms with van der Waals surface area (Å²) in [6.07, 6.45) is 3.73. The Morgan fingerprint density at radius 1 is 1.31 bits per heavy atom. The summed E-state index contributed by atoms with van der Waals surface area (Å²) in [6, 6.07) is 5.98. The molecule has 1 aliphatic rings. The molecule has 1 fully saturated rings. The van der Waals surface area contributed by atoms with Crippen molar-refractivity contribution in [2.45, 2.75) is 19.8 Å². The molecule has 0 radical (unpaired) electrons. The SMILES string of the molecule is CNc1ccc(C)c(C#CC(=N)c2c(N)ncnc2NCC2CCN(C)CC2)c1. The van der Waals surface area contributed by atoms with Crippen molar-refractivity contribution in [2.24, 2.45) is 5.92 Å². The first-order valence-corrected chi connectivity index (χ1v) is 9.90. The standard InChI is InChI=1S/C22H29N7/c1-15-4-6-18(25-2)12-17(15)5-7-19(23)20-21(24)27-14-28-22(20)26-13-16-8-10-29(3)11-9-16/h4,6,12,14,16,23,25H,8-11,13H2,1-3H3,(H3,24,26,27,28). The molecule has 1 saturated heterocycles. The van der Waals surface area contributed by atoms with E-state index in [1.54, 1.807) is 0 Å². The number of hydrogen-bond donors (Lipinski definition) is 4. The number of likely N-dealkylation sites (tertiary alicyclic amines) is 1. The van der Waals surface area contributed by atoms with E-state index in [1.165, 1.54) is 6.33 Å².